The summed E-state index contributed by atoms with van der Waals surface area (Å²) < 4.78 is 54.9. The Labute approximate surface area is 535 Å². The highest BCUT2D eigenvalue weighted by molar-refractivity contribution is 7.46. The fourth-order valence-corrected chi connectivity index (χ4v) is 12.7. The Morgan fingerprint density at radius 3 is 1.44 bits per heavy atom. The summed E-state index contributed by atoms with van der Waals surface area (Å²) in [5.74, 6) is -3.19. The first kappa shape index (κ1) is 82.7. The quantitative estimate of drug-likeness (QED) is 0.0155. The first-order chi connectivity index (χ1) is 42.9. The zero-order valence-electron chi connectivity index (χ0n) is 55.8. The predicted molar refractivity (Wildman–Crippen MR) is 344 cm³/mol. The number of phosphoric ester groups is 1. The van der Waals surface area contributed by atoms with Crippen LogP contribution in [0.15, 0.2) is 0 Å². The molecule has 0 aromatic heterocycles. The maximum Gasteiger partial charge on any atom is 0.470 e. The van der Waals surface area contributed by atoms with Crippen LogP contribution in [0.1, 0.15) is 298 Å². The zero-order chi connectivity index (χ0) is 65.5. The number of aliphatic hydroxyl groups excluding tert-OH is 4. The number of hydrogen-bond donors (Lipinski definition) is 9. The van der Waals surface area contributed by atoms with Gasteiger partial charge in [0.05, 0.1) is 44.5 Å². The van der Waals surface area contributed by atoms with Crippen molar-refractivity contribution in [3.8, 4) is 0 Å². The Bertz CT molecular complexity index is 1830. The molecule has 2 aliphatic rings. The molecule has 2 heterocycles. The fraction of sp³-hybridized carbons (Fsp3) is 0.940. The molecule has 0 aromatic carbocycles. The van der Waals surface area contributed by atoms with Crippen molar-refractivity contribution in [2.24, 2.45) is 0 Å². The second-order valence-electron chi connectivity index (χ2n) is 25.5. The van der Waals surface area contributed by atoms with Gasteiger partial charge in [-0.1, -0.05) is 233 Å². The van der Waals surface area contributed by atoms with Gasteiger partial charge in [0.15, 0.2) is 12.4 Å². The van der Waals surface area contributed by atoms with Crippen LogP contribution in [0.2, 0.25) is 0 Å². The van der Waals surface area contributed by atoms with E-state index in [1.54, 1.807) is 0 Å². The monoisotopic (exact) mass is 1290 g/mol. The standard InChI is InChI=1S/C67H127N2O19P/c1-6-10-14-18-22-24-25-27-31-35-39-43-58(75)85-54(42-38-34-30-26-23-19-15-11-7-2)45-47-83-64-60(68-51(5)71)67(87-55(49-70)62(64)88-89(79,80)81)84-50-56-61(76)63(82-46-44-52(72)40-36-32-28-20-16-12-8-3)59(65(86-56)66(77)78)69-57(74)48-53(73)41-37-33-29-21-17-13-9-4/h52-56,59-65,67,70,72-73,76H,6-50H2,1-5H3,(H,68,71)(H,69,74)(H,77,78)(H2,79,80,81)/t52-,53-,54-,55-,56-,59-,60-,61-,62-,63-,64-,65+,67-/m1/s1. The predicted octanol–water partition coefficient (Wildman–Crippen LogP) is 11.9. The van der Waals surface area contributed by atoms with E-state index in [4.69, 9.17) is 32.9 Å². The van der Waals surface area contributed by atoms with Gasteiger partial charge < -0.3 is 74.4 Å². The maximum atomic E-state index is 13.6. The molecular formula is C67H127N2O19P. The van der Waals surface area contributed by atoms with Gasteiger partial charge in [0.25, 0.3) is 0 Å². The third-order valence-electron chi connectivity index (χ3n) is 17.3. The molecule has 2 fully saturated rings. The van der Waals surface area contributed by atoms with Crippen molar-refractivity contribution in [3.63, 3.8) is 0 Å². The number of carbonyl (C=O) groups is 4. The molecule has 0 aromatic rings. The second kappa shape index (κ2) is 52.0. The molecule has 2 aliphatic heterocycles. The van der Waals surface area contributed by atoms with Crippen LogP contribution in [0.5, 0.6) is 0 Å². The Hall–Kier alpha value is -2.37. The van der Waals surface area contributed by atoms with Crippen LogP contribution in [0.25, 0.3) is 0 Å². The van der Waals surface area contributed by atoms with E-state index in [9.17, 15) is 59.1 Å². The molecule has 22 heteroatoms. The van der Waals surface area contributed by atoms with Crippen molar-refractivity contribution in [2.75, 3.05) is 26.4 Å². The van der Waals surface area contributed by atoms with Crippen LogP contribution in [0.4, 0.5) is 0 Å². The molecule has 89 heavy (non-hydrogen) atoms. The van der Waals surface area contributed by atoms with Gasteiger partial charge in [-0.3, -0.25) is 18.9 Å². The van der Waals surface area contributed by atoms with Gasteiger partial charge >= 0.3 is 19.8 Å². The number of hydrogen-bond acceptors (Lipinski definition) is 16. The molecule has 2 saturated heterocycles. The topological polar surface area (TPSA) is 316 Å². The summed E-state index contributed by atoms with van der Waals surface area (Å²) in [6, 6.07) is -2.91. The lowest BCUT2D eigenvalue weighted by molar-refractivity contribution is -0.289. The average Bonchev–Trinajstić information content (AvgIpc) is 1.23. The number of phosphoric acid groups is 1. The largest absolute Gasteiger partial charge is 0.479 e. The van der Waals surface area contributed by atoms with Gasteiger partial charge in [0, 0.05) is 26.4 Å². The van der Waals surface area contributed by atoms with Gasteiger partial charge in [-0.05, 0) is 38.5 Å². The Balaban J connectivity index is 2.36. The third kappa shape index (κ3) is 39.2. The van der Waals surface area contributed by atoms with E-state index >= 15 is 0 Å². The molecule has 0 bridgehead atoms. The first-order valence-corrected chi connectivity index (χ1v) is 37.0. The molecule has 0 spiro atoms. The molecule has 524 valence electrons. The number of ether oxygens (including phenoxy) is 6. The van der Waals surface area contributed by atoms with E-state index in [2.05, 4.69) is 38.3 Å². The summed E-state index contributed by atoms with van der Waals surface area (Å²) in [6.07, 6.45) is 23.3. The minimum absolute atomic E-state index is 0.134. The average molecular weight is 1300 g/mol. The van der Waals surface area contributed by atoms with Crippen molar-refractivity contribution in [1.82, 2.24) is 10.6 Å². The normalized spacial score (nSPS) is 23.2. The Kier molecular flexibility index (Phi) is 48.3. The number of unbranched alkanes of at least 4 members (excludes halogenated alkanes) is 30. The highest BCUT2D eigenvalue weighted by Gasteiger charge is 2.53. The summed E-state index contributed by atoms with van der Waals surface area (Å²) in [7, 11) is -5.34. The lowest BCUT2D eigenvalue weighted by Crippen LogP contribution is -2.68. The smallest absolute Gasteiger partial charge is 0.470 e. The lowest BCUT2D eigenvalue weighted by atomic mass is 9.91. The van der Waals surface area contributed by atoms with Gasteiger partial charge in [0.1, 0.15) is 48.8 Å². The molecule has 2 amide bonds. The van der Waals surface area contributed by atoms with Crippen molar-refractivity contribution in [3.05, 3.63) is 0 Å². The first-order valence-electron chi connectivity index (χ1n) is 35.4. The third-order valence-corrected chi connectivity index (χ3v) is 17.8. The molecule has 2 rings (SSSR count). The number of aliphatic hydroxyl groups is 4. The van der Waals surface area contributed by atoms with Gasteiger partial charge in [-0.25, -0.2) is 9.36 Å². The summed E-state index contributed by atoms with van der Waals surface area (Å²) in [5.41, 5.74) is 0. The van der Waals surface area contributed by atoms with Crippen molar-refractivity contribution < 1.29 is 92.0 Å². The van der Waals surface area contributed by atoms with Gasteiger partial charge in [-0.15, -0.1) is 0 Å². The van der Waals surface area contributed by atoms with Crippen LogP contribution < -0.4 is 10.6 Å². The van der Waals surface area contributed by atoms with E-state index in [0.29, 0.717) is 32.1 Å². The maximum absolute atomic E-state index is 13.6. The van der Waals surface area contributed by atoms with Gasteiger partial charge in [0.2, 0.25) is 11.8 Å². The minimum atomic E-state index is -5.34. The highest BCUT2D eigenvalue weighted by atomic mass is 31.2. The summed E-state index contributed by atoms with van der Waals surface area (Å²) >= 11 is 0. The Morgan fingerprint density at radius 2 is 0.966 bits per heavy atom. The molecule has 13 atom stereocenters. The number of carboxylic acids is 1. The highest BCUT2D eigenvalue weighted by Crippen LogP contribution is 2.42. The molecular weight excluding hydrogens is 1170 g/mol. The van der Waals surface area contributed by atoms with Crippen LogP contribution >= 0.6 is 7.82 Å². The lowest BCUT2D eigenvalue weighted by Gasteiger charge is -2.47. The van der Waals surface area contributed by atoms with Crippen molar-refractivity contribution in [1.29, 1.82) is 0 Å². The van der Waals surface area contributed by atoms with E-state index < -0.39 is 118 Å². The minimum Gasteiger partial charge on any atom is -0.479 e. The van der Waals surface area contributed by atoms with E-state index in [1.165, 1.54) is 84.0 Å². The van der Waals surface area contributed by atoms with Crippen molar-refractivity contribution >= 4 is 31.6 Å². The summed E-state index contributed by atoms with van der Waals surface area (Å²) in [5, 5.41) is 60.6. The molecule has 0 unspecified atom stereocenters. The number of rotatable bonds is 58. The van der Waals surface area contributed by atoms with Crippen LogP contribution in [0, 0.1) is 0 Å². The van der Waals surface area contributed by atoms with Gasteiger partial charge in [-0.2, -0.15) is 0 Å². The second-order valence-corrected chi connectivity index (χ2v) is 26.6. The Morgan fingerprint density at radius 1 is 0.517 bits per heavy atom. The van der Waals surface area contributed by atoms with Crippen molar-refractivity contribution in [2.45, 2.75) is 377 Å². The SMILES string of the molecule is CCCCCCCCCCCCCC(=O)O[C@H](CCCCCCCCCCC)CCO[C@@H]1[C@@H](NC(C)=O)[C@H](OC[C@H]2O[C@H](C(=O)O)[C@H](NC(=O)C[C@H](O)CCCCCCCCC)[C@@H](OCC[C@H](O)CCCCCCCCC)[C@@H]2O)O[C@H](CO)[C@H]1OP(=O)(O)O. The number of esters is 1. The van der Waals surface area contributed by atoms with E-state index in [0.717, 1.165) is 128 Å². The number of carboxylic acid groups (broad SMARTS) is 1. The van der Waals surface area contributed by atoms with Crippen LogP contribution in [-0.4, -0.2) is 165 Å². The zero-order valence-corrected chi connectivity index (χ0v) is 56.7. The summed E-state index contributed by atoms with van der Waals surface area (Å²) in [4.78, 5) is 73.5. The molecule has 0 saturated carbocycles. The number of carbonyl (C=O) groups excluding carboxylic acids is 3. The molecule has 21 nitrogen and oxygen atoms in total. The number of aliphatic carboxylic acids is 1. The van der Waals surface area contributed by atoms with E-state index in [1.807, 2.05) is 0 Å². The van der Waals surface area contributed by atoms with E-state index in [-0.39, 0.29) is 44.9 Å². The molecule has 0 aliphatic carbocycles. The molecule has 0 radical (unpaired) electrons. The summed E-state index contributed by atoms with van der Waals surface area (Å²) in [6.45, 7) is 8.06. The fourth-order valence-electron chi connectivity index (χ4n) is 12.1. The number of amides is 2. The van der Waals surface area contributed by atoms with Crippen LogP contribution in [0.3, 0.4) is 0 Å². The number of nitrogens with one attached hydrogen (secondary N) is 2. The van der Waals surface area contributed by atoms with Crippen LogP contribution in [-0.2, 0) is 56.7 Å². The molecule has 9 N–H and O–H groups in total.